The summed E-state index contributed by atoms with van der Waals surface area (Å²) < 4.78 is 9.77. The van der Waals surface area contributed by atoms with Gasteiger partial charge in [-0.25, -0.2) is 0 Å². The SMILES string of the molecule is C=C1CCC1(C(=O)OCC)C(=O)OCC. The summed E-state index contributed by atoms with van der Waals surface area (Å²) in [6, 6.07) is 0. The van der Waals surface area contributed by atoms with Crippen molar-refractivity contribution < 1.29 is 19.1 Å². The lowest BCUT2D eigenvalue weighted by molar-refractivity contribution is -0.172. The maximum Gasteiger partial charge on any atom is 0.327 e. The maximum absolute atomic E-state index is 11.7. The van der Waals surface area contributed by atoms with Crippen molar-refractivity contribution in [2.45, 2.75) is 26.7 Å². The average molecular weight is 212 g/mol. The van der Waals surface area contributed by atoms with Crippen LogP contribution in [0.5, 0.6) is 0 Å². The molecule has 0 aromatic carbocycles. The lowest BCUT2D eigenvalue weighted by atomic mass is 9.65. The fourth-order valence-corrected chi connectivity index (χ4v) is 1.64. The number of carbonyl (C=O) groups is 2. The molecule has 0 unspecified atom stereocenters. The van der Waals surface area contributed by atoms with Gasteiger partial charge >= 0.3 is 11.9 Å². The van der Waals surface area contributed by atoms with Crippen LogP contribution in [0.25, 0.3) is 0 Å². The van der Waals surface area contributed by atoms with E-state index >= 15 is 0 Å². The standard InChI is InChI=1S/C11H16O4/c1-4-14-9(12)11(7-6-8(11)3)10(13)15-5-2/h3-7H2,1-2H3. The van der Waals surface area contributed by atoms with Gasteiger partial charge in [0.1, 0.15) is 0 Å². The molecule has 0 aromatic heterocycles. The van der Waals surface area contributed by atoms with Crippen molar-refractivity contribution >= 4 is 11.9 Å². The third-order valence-electron chi connectivity index (χ3n) is 2.65. The van der Waals surface area contributed by atoms with Crippen LogP contribution in [-0.4, -0.2) is 25.2 Å². The Balaban J connectivity index is 2.84. The molecule has 15 heavy (non-hydrogen) atoms. The number of rotatable bonds is 4. The summed E-state index contributed by atoms with van der Waals surface area (Å²) in [5.41, 5.74) is -0.620. The Morgan fingerprint density at radius 1 is 1.27 bits per heavy atom. The number of hydrogen-bond donors (Lipinski definition) is 0. The second kappa shape index (κ2) is 4.47. The summed E-state index contributed by atoms with van der Waals surface area (Å²) in [4.78, 5) is 23.4. The van der Waals surface area contributed by atoms with Gasteiger partial charge in [0, 0.05) is 0 Å². The first-order valence-electron chi connectivity index (χ1n) is 5.12. The smallest absolute Gasteiger partial charge is 0.327 e. The molecule has 4 nitrogen and oxygen atoms in total. The Bertz CT molecular complexity index is 275. The van der Waals surface area contributed by atoms with Crippen molar-refractivity contribution in [2.24, 2.45) is 5.41 Å². The van der Waals surface area contributed by atoms with Gasteiger partial charge in [0.2, 0.25) is 0 Å². The monoisotopic (exact) mass is 212 g/mol. The first-order valence-corrected chi connectivity index (χ1v) is 5.12. The maximum atomic E-state index is 11.7. The quantitative estimate of drug-likeness (QED) is 0.402. The van der Waals surface area contributed by atoms with Gasteiger partial charge in [-0.3, -0.25) is 9.59 Å². The van der Waals surface area contributed by atoms with E-state index in [2.05, 4.69) is 6.58 Å². The van der Waals surface area contributed by atoms with Crippen molar-refractivity contribution in [3.63, 3.8) is 0 Å². The van der Waals surface area contributed by atoms with Gasteiger partial charge in [-0.2, -0.15) is 0 Å². The molecule has 1 aliphatic rings. The molecule has 0 atom stereocenters. The minimum atomic E-state index is -1.22. The van der Waals surface area contributed by atoms with E-state index in [9.17, 15) is 9.59 Å². The summed E-state index contributed by atoms with van der Waals surface area (Å²) in [6.07, 6.45) is 1.13. The predicted molar refractivity (Wildman–Crippen MR) is 54.1 cm³/mol. The van der Waals surface area contributed by atoms with Gasteiger partial charge in [-0.15, -0.1) is 0 Å². The molecule has 0 saturated heterocycles. The highest BCUT2D eigenvalue weighted by Gasteiger charge is 2.56. The largest absolute Gasteiger partial charge is 0.465 e. The fraction of sp³-hybridized carbons (Fsp3) is 0.636. The van der Waals surface area contributed by atoms with Gasteiger partial charge in [0.25, 0.3) is 0 Å². The van der Waals surface area contributed by atoms with Crippen LogP contribution in [0.15, 0.2) is 12.2 Å². The van der Waals surface area contributed by atoms with Crippen LogP contribution in [0.1, 0.15) is 26.7 Å². The fourth-order valence-electron chi connectivity index (χ4n) is 1.64. The van der Waals surface area contributed by atoms with Crippen LogP contribution in [0.3, 0.4) is 0 Å². The second-order valence-corrected chi connectivity index (χ2v) is 3.45. The molecule has 0 spiro atoms. The van der Waals surface area contributed by atoms with Crippen LogP contribution >= 0.6 is 0 Å². The topological polar surface area (TPSA) is 52.6 Å². The van der Waals surface area contributed by atoms with Gasteiger partial charge in [0.15, 0.2) is 5.41 Å². The molecule has 0 heterocycles. The van der Waals surface area contributed by atoms with Crippen LogP contribution in [0.2, 0.25) is 0 Å². The van der Waals surface area contributed by atoms with Crippen molar-refractivity contribution in [3.05, 3.63) is 12.2 Å². The van der Waals surface area contributed by atoms with Crippen molar-refractivity contribution in [1.82, 2.24) is 0 Å². The Hall–Kier alpha value is -1.32. The highest BCUT2D eigenvalue weighted by Crippen LogP contribution is 2.47. The molecule has 84 valence electrons. The second-order valence-electron chi connectivity index (χ2n) is 3.45. The van der Waals surface area contributed by atoms with Crippen LogP contribution < -0.4 is 0 Å². The van der Waals surface area contributed by atoms with E-state index < -0.39 is 17.4 Å². The van der Waals surface area contributed by atoms with Crippen LogP contribution in [0, 0.1) is 5.41 Å². The van der Waals surface area contributed by atoms with Crippen molar-refractivity contribution in [1.29, 1.82) is 0 Å². The predicted octanol–water partition coefficient (Wildman–Crippen LogP) is 1.45. The summed E-state index contributed by atoms with van der Waals surface area (Å²) >= 11 is 0. The Kier molecular flexibility index (Phi) is 3.50. The first kappa shape index (κ1) is 11.8. The van der Waals surface area contributed by atoms with E-state index in [0.29, 0.717) is 18.4 Å². The molecule has 0 aromatic rings. The zero-order valence-electron chi connectivity index (χ0n) is 9.17. The molecule has 0 N–H and O–H groups in total. The summed E-state index contributed by atoms with van der Waals surface area (Å²) in [6.45, 7) is 7.65. The van der Waals surface area contributed by atoms with E-state index in [4.69, 9.17) is 9.47 Å². The molecule has 4 heteroatoms. The molecule has 0 amide bonds. The zero-order chi connectivity index (χ0) is 11.5. The molecule has 1 rings (SSSR count). The van der Waals surface area contributed by atoms with Gasteiger partial charge in [-0.1, -0.05) is 6.58 Å². The number of hydrogen-bond acceptors (Lipinski definition) is 4. The van der Waals surface area contributed by atoms with Gasteiger partial charge in [-0.05, 0) is 32.3 Å². The minimum absolute atomic E-state index is 0.257. The third kappa shape index (κ3) is 1.76. The third-order valence-corrected chi connectivity index (χ3v) is 2.65. The van der Waals surface area contributed by atoms with E-state index in [1.54, 1.807) is 13.8 Å². The lowest BCUT2D eigenvalue weighted by Crippen LogP contribution is -2.49. The van der Waals surface area contributed by atoms with Crippen molar-refractivity contribution in [3.8, 4) is 0 Å². The van der Waals surface area contributed by atoms with E-state index in [1.165, 1.54) is 0 Å². The number of ether oxygens (including phenoxy) is 2. The first-order chi connectivity index (χ1) is 7.09. The lowest BCUT2D eigenvalue weighted by Gasteiger charge is -2.38. The molecule has 0 bridgehead atoms. The minimum Gasteiger partial charge on any atom is -0.465 e. The Morgan fingerprint density at radius 2 is 1.73 bits per heavy atom. The zero-order valence-corrected chi connectivity index (χ0v) is 9.17. The Morgan fingerprint density at radius 3 is 1.93 bits per heavy atom. The van der Waals surface area contributed by atoms with Crippen LogP contribution in [0.4, 0.5) is 0 Å². The molecule has 1 aliphatic carbocycles. The highest BCUT2D eigenvalue weighted by atomic mass is 16.6. The summed E-state index contributed by atoms with van der Waals surface area (Å²) in [5, 5.41) is 0. The van der Waals surface area contributed by atoms with E-state index in [-0.39, 0.29) is 13.2 Å². The van der Waals surface area contributed by atoms with Crippen LogP contribution in [-0.2, 0) is 19.1 Å². The number of carbonyl (C=O) groups excluding carboxylic acids is 2. The van der Waals surface area contributed by atoms with E-state index in [0.717, 1.165) is 0 Å². The summed E-state index contributed by atoms with van der Waals surface area (Å²) in [7, 11) is 0. The molecular weight excluding hydrogens is 196 g/mol. The van der Waals surface area contributed by atoms with Gasteiger partial charge in [0.05, 0.1) is 13.2 Å². The number of esters is 2. The summed E-state index contributed by atoms with van der Waals surface area (Å²) in [5.74, 6) is -1.06. The highest BCUT2D eigenvalue weighted by molar-refractivity contribution is 6.05. The molecule has 1 saturated carbocycles. The van der Waals surface area contributed by atoms with Crippen molar-refractivity contribution in [2.75, 3.05) is 13.2 Å². The normalized spacial score (nSPS) is 17.9. The molecule has 0 radical (unpaired) electrons. The molecular formula is C11H16O4. The average Bonchev–Trinajstić information content (AvgIpc) is 2.17. The van der Waals surface area contributed by atoms with Gasteiger partial charge < -0.3 is 9.47 Å². The van der Waals surface area contributed by atoms with E-state index in [1.807, 2.05) is 0 Å². The molecule has 1 fully saturated rings. The molecule has 0 aliphatic heterocycles. The Labute approximate surface area is 89.2 Å².